The van der Waals surface area contributed by atoms with E-state index in [-0.39, 0.29) is 5.78 Å². The van der Waals surface area contributed by atoms with Crippen molar-refractivity contribution in [1.82, 2.24) is 9.97 Å². The zero-order valence-electron chi connectivity index (χ0n) is 18.9. The molecule has 0 amide bonds. The molecule has 32 heavy (non-hydrogen) atoms. The van der Waals surface area contributed by atoms with E-state index in [9.17, 15) is 14.4 Å². The molecular weight excluding hydrogens is 408 g/mol. The largest absolute Gasteiger partial charge is 0.468 e. The summed E-state index contributed by atoms with van der Waals surface area (Å²) in [6.45, 7) is 4.28. The van der Waals surface area contributed by atoms with Crippen molar-refractivity contribution >= 4 is 39.8 Å². The molecule has 0 bridgehead atoms. The highest BCUT2D eigenvalue weighted by molar-refractivity contribution is 6.15. The van der Waals surface area contributed by atoms with Gasteiger partial charge >= 0.3 is 11.9 Å². The zero-order chi connectivity index (χ0) is 23.3. The van der Waals surface area contributed by atoms with Crippen molar-refractivity contribution in [3.8, 4) is 0 Å². The van der Waals surface area contributed by atoms with Gasteiger partial charge < -0.3 is 9.47 Å². The quantitative estimate of drug-likeness (QED) is 0.207. The average Bonchev–Trinajstić information content (AvgIpc) is 2.83. The molecule has 0 N–H and O–H groups in total. The molecular formula is C25H28N2O5. The van der Waals surface area contributed by atoms with E-state index in [0.717, 1.165) is 19.3 Å². The summed E-state index contributed by atoms with van der Waals surface area (Å²) in [4.78, 5) is 47.2. The molecule has 2 aromatic carbocycles. The summed E-state index contributed by atoms with van der Waals surface area (Å²) in [6, 6.07) is 10.1. The molecule has 0 spiro atoms. The van der Waals surface area contributed by atoms with Gasteiger partial charge in [0, 0.05) is 5.56 Å². The summed E-state index contributed by atoms with van der Waals surface area (Å²) >= 11 is 0. The molecule has 1 aromatic heterocycles. The fourth-order valence-corrected chi connectivity index (χ4v) is 3.75. The van der Waals surface area contributed by atoms with Gasteiger partial charge in [0.2, 0.25) is 0 Å². The lowest BCUT2D eigenvalue weighted by molar-refractivity contribution is -0.143. The minimum absolute atomic E-state index is 0.300. The highest BCUT2D eigenvalue weighted by Gasteiger charge is 2.30. The van der Waals surface area contributed by atoms with Crippen LogP contribution in [0.15, 0.2) is 36.4 Å². The number of ketones is 1. The Bertz CT molecular complexity index is 1160. The maximum atomic E-state index is 13.4. The number of nitrogens with zero attached hydrogens (tertiary/aromatic N) is 2. The van der Waals surface area contributed by atoms with E-state index in [1.54, 1.807) is 36.4 Å². The van der Waals surface area contributed by atoms with Crippen molar-refractivity contribution in [2.24, 2.45) is 11.8 Å². The molecule has 1 heterocycles. The minimum atomic E-state index is -0.895. The molecule has 0 aliphatic heterocycles. The third kappa shape index (κ3) is 4.77. The lowest BCUT2D eigenvalue weighted by atomic mass is 9.90. The number of rotatable bonds is 9. The molecule has 7 heteroatoms. The van der Waals surface area contributed by atoms with Gasteiger partial charge in [-0.25, -0.2) is 14.8 Å². The van der Waals surface area contributed by atoms with Gasteiger partial charge in [0.25, 0.3) is 0 Å². The second kappa shape index (κ2) is 10.3. The number of Topliss-reactive ketones (excluding diaryl/α,β-unsaturated/α-hetero) is 1. The standard InChI is InChI=1S/C25H28N2O5/c1-5-15(2)9-6-12-18(25(30)32-4)23(28)16-10-7-13-19-21(16)26-20-14-8-11-17(22(20)27-19)24(29)31-3/h7-8,10-11,13-15,18H,5-6,9,12H2,1-4H3/t15?,18-/m1/s1. The second-order valence-electron chi connectivity index (χ2n) is 7.95. The number of hydrogen-bond donors (Lipinski definition) is 0. The van der Waals surface area contributed by atoms with Crippen LogP contribution in [0.5, 0.6) is 0 Å². The molecule has 7 nitrogen and oxygen atoms in total. The Balaban J connectivity index is 2.04. The Morgan fingerprint density at radius 1 is 0.875 bits per heavy atom. The second-order valence-corrected chi connectivity index (χ2v) is 7.95. The molecule has 168 valence electrons. The molecule has 0 fully saturated rings. The zero-order valence-corrected chi connectivity index (χ0v) is 18.9. The summed E-state index contributed by atoms with van der Waals surface area (Å²) in [7, 11) is 2.60. The van der Waals surface area contributed by atoms with Gasteiger partial charge in [0.05, 0.1) is 30.8 Å². The van der Waals surface area contributed by atoms with Crippen LogP contribution in [0.3, 0.4) is 0 Å². The van der Waals surface area contributed by atoms with Gasteiger partial charge in [-0.05, 0) is 36.6 Å². The van der Waals surface area contributed by atoms with Crippen LogP contribution in [0, 0.1) is 11.8 Å². The van der Waals surface area contributed by atoms with Crippen LogP contribution in [0.25, 0.3) is 22.1 Å². The van der Waals surface area contributed by atoms with Gasteiger partial charge in [-0.2, -0.15) is 0 Å². The first-order valence-electron chi connectivity index (χ1n) is 10.8. The molecule has 3 aromatic rings. The number of benzene rings is 2. The van der Waals surface area contributed by atoms with E-state index in [1.165, 1.54) is 14.2 Å². The van der Waals surface area contributed by atoms with Crippen molar-refractivity contribution in [3.63, 3.8) is 0 Å². The summed E-state index contributed by atoms with van der Waals surface area (Å²) in [5.74, 6) is -1.75. The Morgan fingerprint density at radius 2 is 1.47 bits per heavy atom. The first kappa shape index (κ1) is 23.3. The first-order valence-corrected chi connectivity index (χ1v) is 10.8. The molecule has 0 saturated carbocycles. The van der Waals surface area contributed by atoms with E-state index in [2.05, 4.69) is 23.8 Å². The smallest absolute Gasteiger partial charge is 0.340 e. The third-order valence-corrected chi connectivity index (χ3v) is 5.85. The number of methoxy groups -OCH3 is 2. The Kier molecular flexibility index (Phi) is 7.51. The summed E-state index contributed by atoms with van der Waals surface area (Å²) in [5, 5.41) is 0. The molecule has 0 saturated heterocycles. The van der Waals surface area contributed by atoms with Crippen molar-refractivity contribution in [2.75, 3.05) is 14.2 Å². The average molecular weight is 437 g/mol. The first-order chi connectivity index (χ1) is 15.4. The predicted molar refractivity (Wildman–Crippen MR) is 122 cm³/mol. The Hall–Kier alpha value is -3.35. The lowest BCUT2D eigenvalue weighted by Gasteiger charge is -2.16. The maximum absolute atomic E-state index is 13.4. The van der Waals surface area contributed by atoms with E-state index >= 15 is 0 Å². The summed E-state index contributed by atoms with van der Waals surface area (Å²) < 4.78 is 9.77. The van der Waals surface area contributed by atoms with Gasteiger partial charge in [-0.15, -0.1) is 0 Å². The summed E-state index contributed by atoms with van der Waals surface area (Å²) in [5.41, 5.74) is 2.33. The lowest BCUT2D eigenvalue weighted by Crippen LogP contribution is -2.26. The van der Waals surface area contributed by atoms with Crippen LogP contribution in [0.2, 0.25) is 0 Å². The Labute approximate surface area is 187 Å². The molecule has 2 atom stereocenters. The molecule has 0 radical (unpaired) electrons. The number of carbonyl (C=O) groups is 3. The number of aromatic nitrogens is 2. The monoisotopic (exact) mass is 436 g/mol. The van der Waals surface area contributed by atoms with Gasteiger partial charge in [-0.3, -0.25) is 9.59 Å². The fourth-order valence-electron chi connectivity index (χ4n) is 3.75. The van der Waals surface area contributed by atoms with Crippen molar-refractivity contribution < 1.29 is 23.9 Å². The van der Waals surface area contributed by atoms with Crippen LogP contribution in [0.4, 0.5) is 0 Å². The van der Waals surface area contributed by atoms with E-state index in [0.29, 0.717) is 45.5 Å². The Morgan fingerprint density at radius 3 is 2.03 bits per heavy atom. The number of carbonyl (C=O) groups excluding carboxylic acids is 3. The normalized spacial score (nSPS) is 13.0. The van der Waals surface area contributed by atoms with Crippen LogP contribution in [-0.4, -0.2) is 41.9 Å². The SMILES string of the molecule is CCC(C)CCC[C@@H](C(=O)OC)C(=O)c1cccc2nc3c(C(=O)OC)cccc3nc12. The van der Waals surface area contributed by atoms with Gasteiger partial charge in [0.1, 0.15) is 17.0 Å². The van der Waals surface area contributed by atoms with Gasteiger partial charge in [-0.1, -0.05) is 45.2 Å². The number of ether oxygens (including phenoxy) is 2. The molecule has 0 aliphatic carbocycles. The fraction of sp³-hybridized carbons (Fsp3) is 0.400. The maximum Gasteiger partial charge on any atom is 0.340 e. The molecule has 1 unspecified atom stereocenters. The predicted octanol–water partition coefficient (Wildman–Crippen LogP) is 4.76. The summed E-state index contributed by atoms with van der Waals surface area (Å²) in [6.07, 6.45) is 3.16. The van der Waals surface area contributed by atoms with Gasteiger partial charge in [0.15, 0.2) is 5.78 Å². The van der Waals surface area contributed by atoms with Crippen LogP contribution in [0.1, 0.15) is 60.2 Å². The van der Waals surface area contributed by atoms with Crippen molar-refractivity contribution in [1.29, 1.82) is 0 Å². The third-order valence-electron chi connectivity index (χ3n) is 5.85. The van der Waals surface area contributed by atoms with E-state index in [1.807, 2.05) is 0 Å². The van der Waals surface area contributed by atoms with E-state index in [4.69, 9.17) is 9.47 Å². The van der Waals surface area contributed by atoms with E-state index < -0.39 is 17.9 Å². The van der Waals surface area contributed by atoms with Crippen LogP contribution < -0.4 is 0 Å². The number of esters is 2. The molecule has 3 rings (SSSR count). The minimum Gasteiger partial charge on any atom is -0.468 e. The number of fused-ring (bicyclic) bond motifs is 2. The number of hydrogen-bond acceptors (Lipinski definition) is 7. The number of para-hydroxylation sites is 2. The molecule has 0 aliphatic rings. The highest BCUT2D eigenvalue weighted by atomic mass is 16.5. The topological polar surface area (TPSA) is 95.5 Å². The van der Waals surface area contributed by atoms with Crippen LogP contribution >= 0.6 is 0 Å². The van der Waals surface area contributed by atoms with Crippen LogP contribution in [-0.2, 0) is 14.3 Å². The van der Waals surface area contributed by atoms with Crippen molar-refractivity contribution in [2.45, 2.75) is 39.5 Å². The van der Waals surface area contributed by atoms with Crippen molar-refractivity contribution in [3.05, 3.63) is 47.5 Å². The highest BCUT2D eigenvalue weighted by Crippen LogP contribution is 2.26.